The normalized spacial score (nSPS) is 16.9. The second kappa shape index (κ2) is 7.86. The Morgan fingerprint density at radius 2 is 2.11 bits per heavy atom. The molecule has 0 amide bonds. The molecule has 2 heterocycles. The van der Waals surface area contributed by atoms with Crippen molar-refractivity contribution in [2.24, 2.45) is 5.73 Å². The molecule has 3 aromatic rings. The number of phenols is 1. The lowest BCUT2D eigenvalue weighted by molar-refractivity contribution is 0.173. The molecule has 0 spiro atoms. The molecule has 1 aromatic heterocycles. The van der Waals surface area contributed by atoms with E-state index in [1.807, 2.05) is 42.5 Å². The predicted octanol–water partition coefficient (Wildman–Crippen LogP) is 4.13. The highest BCUT2D eigenvalue weighted by Crippen LogP contribution is 2.35. The number of ether oxygens (including phenoxy) is 1. The van der Waals surface area contributed by atoms with Gasteiger partial charge in [0.1, 0.15) is 17.7 Å². The molecule has 0 aliphatic carbocycles. The van der Waals surface area contributed by atoms with Crippen LogP contribution in [0.25, 0.3) is 22.3 Å². The van der Waals surface area contributed by atoms with Gasteiger partial charge in [0.2, 0.25) is 0 Å². The largest absolute Gasteiger partial charge is 0.507 e. The van der Waals surface area contributed by atoms with E-state index in [0.717, 1.165) is 29.3 Å². The number of fused-ring (bicyclic) bond motifs is 1. The van der Waals surface area contributed by atoms with Crippen LogP contribution in [0.15, 0.2) is 54.8 Å². The first-order chi connectivity index (χ1) is 13.7. The number of nitrogens with zero attached hydrogens (tertiary/aromatic N) is 2. The Morgan fingerprint density at radius 1 is 1.25 bits per heavy atom. The maximum atomic E-state index is 10.5. The standard InChI is InChI=1S/C22H24N4O2/c1-2-15(23)13-24-21-16-6-3-4-7-18(16)25-22(26-21)17-12-14(9-10-19(17)27)20-8-5-11-28-20/h3-7,9-12,15,20,27H,2,8,13,23H2,1H3,(H,24,25,26)/t15-,20?/m1/s1. The third kappa shape index (κ3) is 3.64. The number of anilines is 1. The molecule has 4 rings (SSSR count). The van der Waals surface area contributed by atoms with Crippen LogP contribution in [0, 0.1) is 0 Å². The molecule has 0 saturated carbocycles. The molecule has 4 N–H and O–H groups in total. The Bertz CT molecular complexity index is 1010. The summed E-state index contributed by atoms with van der Waals surface area (Å²) in [5.41, 5.74) is 8.44. The van der Waals surface area contributed by atoms with E-state index in [9.17, 15) is 5.11 Å². The first-order valence-electron chi connectivity index (χ1n) is 9.55. The van der Waals surface area contributed by atoms with Crippen molar-refractivity contribution in [1.82, 2.24) is 9.97 Å². The van der Waals surface area contributed by atoms with Gasteiger partial charge in [-0.2, -0.15) is 0 Å². The van der Waals surface area contributed by atoms with Crippen molar-refractivity contribution in [3.63, 3.8) is 0 Å². The van der Waals surface area contributed by atoms with E-state index in [1.54, 1.807) is 12.3 Å². The van der Waals surface area contributed by atoms with Gasteiger partial charge in [-0.05, 0) is 42.3 Å². The van der Waals surface area contributed by atoms with Gasteiger partial charge in [-0.15, -0.1) is 0 Å². The van der Waals surface area contributed by atoms with Crippen LogP contribution in [0.5, 0.6) is 5.75 Å². The second-order valence-corrected chi connectivity index (χ2v) is 6.97. The number of aromatic hydroxyl groups is 1. The molecule has 0 bridgehead atoms. The van der Waals surface area contributed by atoms with Crippen LogP contribution in [-0.4, -0.2) is 27.7 Å². The molecule has 6 heteroatoms. The van der Waals surface area contributed by atoms with Crippen LogP contribution in [0.4, 0.5) is 5.82 Å². The fourth-order valence-electron chi connectivity index (χ4n) is 3.24. The first kappa shape index (κ1) is 18.3. The lowest BCUT2D eigenvalue weighted by Crippen LogP contribution is -2.28. The smallest absolute Gasteiger partial charge is 0.165 e. The third-order valence-corrected chi connectivity index (χ3v) is 4.98. The molecule has 1 aliphatic heterocycles. The number of hydrogen-bond acceptors (Lipinski definition) is 6. The molecule has 0 radical (unpaired) electrons. The minimum atomic E-state index is -0.0417. The Labute approximate surface area is 164 Å². The van der Waals surface area contributed by atoms with Crippen molar-refractivity contribution < 1.29 is 9.84 Å². The van der Waals surface area contributed by atoms with Crippen molar-refractivity contribution in [2.75, 3.05) is 11.9 Å². The van der Waals surface area contributed by atoms with E-state index in [4.69, 9.17) is 15.5 Å². The lowest BCUT2D eigenvalue weighted by atomic mass is 10.0. The van der Waals surface area contributed by atoms with Crippen LogP contribution in [0.3, 0.4) is 0 Å². The van der Waals surface area contributed by atoms with Crippen LogP contribution < -0.4 is 11.1 Å². The number of para-hydroxylation sites is 1. The minimum absolute atomic E-state index is 0.0417. The summed E-state index contributed by atoms with van der Waals surface area (Å²) in [6, 6.07) is 13.3. The van der Waals surface area contributed by atoms with Crippen LogP contribution in [0.1, 0.15) is 31.4 Å². The van der Waals surface area contributed by atoms with Gasteiger partial charge in [0.15, 0.2) is 5.82 Å². The molecule has 1 aliphatic rings. The fraction of sp³-hybridized carbons (Fsp3) is 0.273. The van der Waals surface area contributed by atoms with E-state index in [0.29, 0.717) is 23.8 Å². The van der Waals surface area contributed by atoms with Crippen LogP contribution >= 0.6 is 0 Å². The maximum Gasteiger partial charge on any atom is 0.165 e. The Kier molecular flexibility index (Phi) is 5.12. The molecule has 2 atom stereocenters. The van der Waals surface area contributed by atoms with E-state index in [2.05, 4.69) is 17.2 Å². The highest BCUT2D eigenvalue weighted by atomic mass is 16.5. The van der Waals surface area contributed by atoms with Crippen molar-refractivity contribution in [2.45, 2.75) is 31.9 Å². The number of rotatable bonds is 6. The zero-order chi connectivity index (χ0) is 19.5. The number of nitrogens with one attached hydrogen (secondary N) is 1. The first-order valence-corrected chi connectivity index (χ1v) is 9.55. The Balaban J connectivity index is 1.77. The van der Waals surface area contributed by atoms with E-state index in [-0.39, 0.29) is 17.9 Å². The van der Waals surface area contributed by atoms with Gasteiger partial charge in [-0.25, -0.2) is 9.97 Å². The summed E-state index contributed by atoms with van der Waals surface area (Å²) in [7, 11) is 0. The van der Waals surface area contributed by atoms with Crippen LogP contribution in [0.2, 0.25) is 0 Å². The Morgan fingerprint density at radius 3 is 2.89 bits per heavy atom. The van der Waals surface area contributed by atoms with E-state index < -0.39 is 0 Å². The van der Waals surface area contributed by atoms with Gasteiger partial charge in [-0.1, -0.05) is 25.1 Å². The lowest BCUT2D eigenvalue weighted by Gasteiger charge is -2.15. The second-order valence-electron chi connectivity index (χ2n) is 6.97. The summed E-state index contributed by atoms with van der Waals surface area (Å²) in [6.45, 7) is 2.67. The SMILES string of the molecule is CC[C@@H](N)CNc1nc(-c2cc(C3CC=CO3)ccc2O)nc2ccccc12. The summed E-state index contributed by atoms with van der Waals surface area (Å²) in [6.07, 6.45) is 5.34. The molecular weight excluding hydrogens is 352 g/mol. The van der Waals surface area contributed by atoms with Crippen molar-refractivity contribution in [1.29, 1.82) is 0 Å². The van der Waals surface area contributed by atoms with Crippen molar-refractivity contribution in [3.05, 3.63) is 60.4 Å². The molecule has 0 fully saturated rings. The number of hydrogen-bond donors (Lipinski definition) is 3. The average molecular weight is 376 g/mol. The van der Waals surface area contributed by atoms with Gasteiger partial charge in [0.05, 0.1) is 17.3 Å². The summed E-state index contributed by atoms with van der Waals surface area (Å²) in [5.74, 6) is 1.32. The van der Waals surface area contributed by atoms with Gasteiger partial charge in [0, 0.05) is 24.4 Å². The van der Waals surface area contributed by atoms with E-state index >= 15 is 0 Å². The average Bonchev–Trinajstić information content (AvgIpc) is 3.26. The van der Waals surface area contributed by atoms with Gasteiger partial charge in [-0.3, -0.25) is 0 Å². The zero-order valence-corrected chi connectivity index (χ0v) is 15.8. The summed E-state index contributed by atoms with van der Waals surface area (Å²) in [5, 5.41) is 14.7. The van der Waals surface area contributed by atoms with Crippen LogP contribution in [-0.2, 0) is 4.74 Å². The molecule has 1 unspecified atom stereocenters. The molecule has 28 heavy (non-hydrogen) atoms. The van der Waals surface area contributed by atoms with Gasteiger partial charge in [0.25, 0.3) is 0 Å². The third-order valence-electron chi connectivity index (χ3n) is 4.98. The van der Waals surface area contributed by atoms with Gasteiger partial charge >= 0.3 is 0 Å². The highest BCUT2D eigenvalue weighted by Gasteiger charge is 2.18. The molecule has 144 valence electrons. The number of nitrogens with two attached hydrogens (primary N) is 1. The monoisotopic (exact) mass is 376 g/mol. The summed E-state index contributed by atoms with van der Waals surface area (Å²) < 4.78 is 5.61. The predicted molar refractivity (Wildman–Crippen MR) is 111 cm³/mol. The molecular formula is C22H24N4O2. The molecule has 6 nitrogen and oxygen atoms in total. The van der Waals surface area contributed by atoms with Crippen molar-refractivity contribution >= 4 is 16.7 Å². The number of benzene rings is 2. The zero-order valence-electron chi connectivity index (χ0n) is 15.8. The minimum Gasteiger partial charge on any atom is -0.507 e. The summed E-state index contributed by atoms with van der Waals surface area (Å²) in [4.78, 5) is 9.39. The van der Waals surface area contributed by atoms with E-state index in [1.165, 1.54) is 0 Å². The Hall–Kier alpha value is -3.12. The highest BCUT2D eigenvalue weighted by molar-refractivity contribution is 5.91. The number of phenolic OH excluding ortho intramolecular Hbond substituents is 1. The maximum absolute atomic E-state index is 10.5. The quantitative estimate of drug-likeness (QED) is 0.599. The summed E-state index contributed by atoms with van der Waals surface area (Å²) >= 11 is 0. The molecule has 2 aromatic carbocycles. The van der Waals surface area contributed by atoms with Gasteiger partial charge < -0.3 is 20.9 Å². The molecule has 0 saturated heterocycles. The van der Waals surface area contributed by atoms with Crippen molar-refractivity contribution in [3.8, 4) is 17.1 Å². The topological polar surface area (TPSA) is 93.3 Å². The fourth-order valence-corrected chi connectivity index (χ4v) is 3.24. The number of aromatic nitrogens is 2.